The predicted molar refractivity (Wildman–Crippen MR) is 61.6 cm³/mol. The van der Waals surface area contributed by atoms with Gasteiger partial charge in [0, 0.05) is 6.07 Å². The van der Waals surface area contributed by atoms with Gasteiger partial charge in [-0.15, -0.1) is 0 Å². The fourth-order valence-corrected chi connectivity index (χ4v) is 1.84. The Morgan fingerprint density at radius 2 is 2.00 bits per heavy atom. The summed E-state index contributed by atoms with van der Waals surface area (Å²) in [6.45, 7) is 0. The number of nitrogens with zero attached hydrogens (tertiary/aromatic N) is 3. The minimum atomic E-state index is -3.88. The lowest BCUT2D eigenvalue weighted by molar-refractivity contribution is -0.384. The van der Waals surface area contributed by atoms with Gasteiger partial charge in [-0.1, -0.05) is 12.1 Å². The summed E-state index contributed by atoms with van der Waals surface area (Å²) in [5.41, 5.74) is -0.0148. The molecule has 0 radical (unpaired) electrons. The first kappa shape index (κ1) is 12.2. The summed E-state index contributed by atoms with van der Waals surface area (Å²) in [6, 6.07) is 5.85. The molecule has 0 saturated heterocycles. The second kappa shape index (κ2) is 4.20. The number of rotatable bonds is 3. The van der Waals surface area contributed by atoms with Crippen LogP contribution in [0.1, 0.15) is 0 Å². The number of nitrogens with two attached hydrogens (primary N) is 1. The molecule has 2 aromatic rings. The highest BCUT2D eigenvalue weighted by Crippen LogP contribution is 2.22. The average Bonchev–Trinajstić information content (AvgIpc) is 2.77. The first-order valence-electron chi connectivity index (χ1n) is 4.71. The maximum absolute atomic E-state index is 11.1. The highest BCUT2D eigenvalue weighted by molar-refractivity contribution is 7.89. The van der Waals surface area contributed by atoms with Crippen molar-refractivity contribution in [3.8, 4) is 5.69 Å². The van der Waals surface area contributed by atoms with E-state index in [1.165, 1.54) is 18.2 Å². The standard InChI is InChI=1S/C9H8N4O4S/c10-18(16,17)7-5-11-12(6-7)8-3-1-2-4-9(8)13(14)15/h1-6H,(H2,10,16,17). The van der Waals surface area contributed by atoms with Crippen LogP contribution in [0.2, 0.25) is 0 Å². The van der Waals surface area contributed by atoms with Crippen molar-refractivity contribution < 1.29 is 13.3 Å². The van der Waals surface area contributed by atoms with E-state index in [4.69, 9.17) is 5.14 Å². The molecular weight excluding hydrogens is 260 g/mol. The van der Waals surface area contributed by atoms with Crippen LogP contribution in [-0.2, 0) is 10.0 Å². The second-order valence-electron chi connectivity index (χ2n) is 3.41. The number of hydrogen-bond acceptors (Lipinski definition) is 5. The van der Waals surface area contributed by atoms with Crippen molar-refractivity contribution in [2.45, 2.75) is 4.90 Å². The summed E-state index contributed by atoms with van der Waals surface area (Å²) in [5, 5.41) is 19.5. The molecule has 0 aliphatic rings. The lowest BCUT2D eigenvalue weighted by atomic mass is 10.3. The van der Waals surface area contributed by atoms with Gasteiger partial charge in [0.05, 0.1) is 17.3 Å². The van der Waals surface area contributed by atoms with E-state index in [0.29, 0.717) is 0 Å². The van der Waals surface area contributed by atoms with E-state index >= 15 is 0 Å². The lowest BCUT2D eigenvalue weighted by Gasteiger charge is -2.01. The van der Waals surface area contributed by atoms with Crippen LogP contribution in [0.5, 0.6) is 0 Å². The maximum atomic E-state index is 11.1. The van der Waals surface area contributed by atoms with Crippen LogP contribution in [-0.4, -0.2) is 23.1 Å². The van der Waals surface area contributed by atoms with Crippen molar-refractivity contribution in [3.05, 3.63) is 46.8 Å². The number of hydrogen-bond donors (Lipinski definition) is 1. The Hall–Kier alpha value is -2.26. The van der Waals surface area contributed by atoms with Gasteiger partial charge in [-0.25, -0.2) is 18.2 Å². The van der Waals surface area contributed by atoms with Gasteiger partial charge in [0.2, 0.25) is 10.0 Å². The Kier molecular flexibility index (Phi) is 2.85. The highest BCUT2D eigenvalue weighted by atomic mass is 32.2. The molecule has 0 bridgehead atoms. The zero-order valence-electron chi connectivity index (χ0n) is 8.92. The molecule has 94 valence electrons. The molecule has 2 N–H and O–H groups in total. The van der Waals surface area contributed by atoms with E-state index in [1.807, 2.05) is 0 Å². The van der Waals surface area contributed by atoms with E-state index in [9.17, 15) is 18.5 Å². The summed E-state index contributed by atoms with van der Waals surface area (Å²) in [7, 11) is -3.88. The molecule has 0 aliphatic carbocycles. The molecule has 18 heavy (non-hydrogen) atoms. The Labute approximate surface area is 102 Å². The quantitative estimate of drug-likeness (QED) is 0.639. The fourth-order valence-electron chi connectivity index (χ4n) is 1.40. The van der Waals surface area contributed by atoms with Gasteiger partial charge in [0.15, 0.2) is 0 Å². The minimum Gasteiger partial charge on any atom is -0.258 e. The van der Waals surface area contributed by atoms with E-state index in [0.717, 1.165) is 17.1 Å². The molecule has 1 aromatic carbocycles. The molecule has 9 heteroatoms. The number of sulfonamides is 1. The zero-order valence-corrected chi connectivity index (χ0v) is 9.74. The molecule has 0 amide bonds. The van der Waals surface area contributed by atoms with Crippen molar-refractivity contribution in [3.63, 3.8) is 0 Å². The van der Waals surface area contributed by atoms with Crippen LogP contribution in [0.4, 0.5) is 5.69 Å². The number of aromatic nitrogens is 2. The normalized spacial score (nSPS) is 11.4. The first-order valence-corrected chi connectivity index (χ1v) is 6.25. The molecule has 0 aliphatic heterocycles. The van der Waals surface area contributed by atoms with Gasteiger partial charge in [-0.05, 0) is 6.07 Å². The van der Waals surface area contributed by atoms with Crippen molar-refractivity contribution >= 4 is 15.7 Å². The highest BCUT2D eigenvalue weighted by Gasteiger charge is 2.17. The zero-order chi connectivity index (χ0) is 13.3. The topological polar surface area (TPSA) is 121 Å². The van der Waals surface area contributed by atoms with Crippen LogP contribution >= 0.6 is 0 Å². The van der Waals surface area contributed by atoms with Gasteiger partial charge in [-0.3, -0.25) is 10.1 Å². The monoisotopic (exact) mass is 268 g/mol. The third-order valence-electron chi connectivity index (χ3n) is 2.21. The second-order valence-corrected chi connectivity index (χ2v) is 4.97. The molecule has 0 spiro atoms. The van der Waals surface area contributed by atoms with Crippen LogP contribution in [0.25, 0.3) is 5.69 Å². The minimum absolute atomic E-state index is 0.164. The van der Waals surface area contributed by atoms with Gasteiger partial charge >= 0.3 is 0 Å². The Balaban J connectivity index is 2.57. The van der Waals surface area contributed by atoms with Crippen LogP contribution < -0.4 is 5.14 Å². The summed E-state index contributed by atoms with van der Waals surface area (Å²) in [5.74, 6) is 0. The molecule has 1 aromatic heterocycles. The van der Waals surface area contributed by atoms with E-state index in [1.54, 1.807) is 6.07 Å². The van der Waals surface area contributed by atoms with Gasteiger partial charge in [0.1, 0.15) is 10.6 Å². The third kappa shape index (κ3) is 2.21. The molecule has 0 atom stereocenters. The number of nitro groups is 1. The van der Waals surface area contributed by atoms with Crippen molar-refractivity contribution in [1.82, 2.24) is 9.78 Å². The van der Waals surface area contributed by atoms with Crippen molar-refractivity contribution in [2.75, 3.05) is 0 Å². The number of para-hydroxylation sites is 2. The summed E-state index contributed by atoms with van der Waals surface area (Å²) < 4.78 is 23.3. The number of nitro benzene ring substituents is 1. The van der Waals surface area contributed by atoms with Gasteiger partial charge in [-0.2, -0.15) is 5.10 Å². The van der Waals surface area contributed by atoms with Crippen molar-refractivity contribution in [1.29, 1.82) is 0 Å². The fraction of sp³-hybridized carbons (Fsp3) is 0. The molecule has 2 rings (SSSR count). The summed E-state index contributed by atoms with van der Waals surface area (Å²) in [6.07, 6.45) is 2.16. The Bertz CT molecular complexity index is 707. The molecule has 8 nitrogen and oxygen atoms in total. The van der Waals surface area contributed by atoms with Gasteiger partial charge < -0.3 is 0 Å². The van der Waals surface area contributed by atoms with E-state index in [2.05, 4.69) is 5.10 Å². The Morgan fingerprint density at radius 3 is 2.56 bits per heavy atom. The van der Waals surface area contributed by atoms with E-state index in [-0.39, 0.29) is 16.3 Å². The van der Waals surface area contributed by atoms with Crippen molar-refractivity contribution in [2.24, 2.45) is 5.14 Å². The smallest absolute Gasteiger partial charge is 0.258 e. The van der Waals surface area contributed by atoms with Crippen LogP contribution in [0.3, 0.4) is 0 Å². The largest absolute Gasteiger partial charge is 0.294 e. The first-order chi connectivity index (χ1) is 8.39. The molecule has 1 heterocycles. The maximum Gasteiger partial charge on any atom is 0.294 e. The molecule has 0 unspecified atom stereocenters. The molecular formula is C9H8N4O4S. The number of benzene rings is 1. The number of primary sulfonamides is 1. The summed E-state index contributed by atoms with van der Waals surface area (Å²) in [4.78, 5) is 10.0. The molecule has 0 fully saturated rings. The van der Waals surface area contributed by atoms with Crippen LogP contribution in [0.15, 0.2) is 41.6 Å². The van der Waals surface area contributed by atoms with E-state index < -0.39 is 14.9 Å². The SMILES string of the molecule is NS(=O)(=O)c1cnn(-c2ccccc2[N+](=O)[O-])c1. The predicted octanol–water partition coefficient (Wildman–Crippen LogP) is 0.428. The van der Waals surface area contributed by atoms with Gasteiger partial charge in [0.25, 0.3) is 5.69 Å². The van der Waals surface area contributed by atoms with Crippen LogP contribution in [0, 0.1) is 10.1 Å². The lowest BCUT2D eigenvalue weighted by Crippen LogP contribution is -2.11. The molecule has 0 saturated carbocycles. The third-order valence-corrected chi connectivity index (χ3v) is 3.08. The summed E-state index contributed by atoms with van der Waals surface area (Å²) >= 11 is 0. The Morgan fingerprint density at radius 1 is 1.33 bits per heavy atom. The average molecular weight is 268 g/mol.